The lowest BCUT2D eigenvalue weighted by atomic mass is 10.1. The van der Waals surface area contributed by atoms with Crippen LogP contribution in [0, 0.1) is 0 Å². The summed E-state index contributed by atoms with van der Waals surface area (Å²) in [6.45, 7) is 2.47. The van der Waals surface area contributed by atoms with Gasteiger partial charge < -0.3 is 29.7 Å². The number of hydrogen-bond acceptors (Lipinski definition) is 6. The van der Waals surface area contributed by atoms with E-state index in [0.29, 0.717) is 23.7 Å². The fourth-order valence-corrected chi connectivity index (χ4v) is 2.64. The van der Waals surface area contributed by atoms with Crippen molar-refractivity contribution < 1.29 is 28.6 Å². The van der Waals surface area contributed by atoms with Crippen molar-refractivity contribution in [2.24, 2.45) is 0 Å². The molecule has 1 aliphatic rings. The number of methoxy groups -OCH3 is 2. The molecule has 1 saturated heterocycles. The number of esters is 1. The van der Waals surface area contributed by atoms with Crippen LogP contribution in [0.5, 0.6) is 11.5 Å². The summed E-state index contributed by atoms with van der Waals surface area (Å²) < 4.78 is 15.3. The average molecular weight is 365 g/mol. The Labute approximate surface area is 151 Å². The van der Waals surface area contributed by atoms with Gasteiger partial charge in [0, 0.05) is 19.2 Å². The van der Waals surface area contributed by atoms with Crippen molar-refractivity contribution in [1.82, 2.24) is 10.2 Å². The molecule has 1 unspecified atom stereocenters. The number of benzene rings is 1. The highest BCUT2D eigenvalue weighted by Gasteiger charge is 2.35. The molecule has 142 valence electrons. The first-order valence-electron chi connectivity index (χ1n) is 8.23. The van der Waals surface area contributed by atoms with E-state index in [1.165, 1.54) is 19.1 Å². The van der Waals surface area contributed by atoms with E-state index in [9.17, 15) is 14.4 Å². The van der Waals surface area contributed by atoms with E-state index in [4.69, 9.17) is 14.2 Å². The molecular formula is C17H23N3O6. The van der Waals surface area contributed by atoms with Gasteiger partial charge in [-0.05, 0) is 19.1 Å². The molecule has 0 spiro atoms. The second-order valence-corrected chi connectivity index (χ2v) is 5.51. The first-order valence-corrected chi connectivity index (χ1v) is 8.23. The van der Waals surface area contributed by atoms with E-state index >= 15 is 0 Å². The zero-order valence-electron chi connectivity index (χ0n) is 15.0. The van der Waals surface area contributed by atoms with Gasteiger partial charge in [0.1, 0.15) is 17.5 Å². The Bertz CT molecular complexity index is 678. The first-order chi connectivity index (χ1) is 12.5. The lowest BCUT2D eigenvalue weighted by Crippen LogP contribution is -2.58. The summed E-state index contributed by atoms with van der Waals surface area (Å²) in [5.74, 6) is 0.0616. The van der Waals surface area contributed by atoms with E-state index < -0.39 is 23.9 Å². The van der Waals surface area contributed by atoms with Gasteiger partial charge in [0.05, 0.1) is 32.9 Å². The van der Waals surface area contributed by atoms with Gasteiger partial charge in [-0.2, -0.15) is 0 Å². The highest BCUT2D eigenvalue weighted by molar-refractivity contribution is 5.97. The van der Waals surface area contributed by atoms with Crippen LogP contribution < -0.4 is 20.1 Å². The molecule has 26 heavy (non-hydrogen) atoms. The Hall–Kier alpha value is -2.97. The SMILES string of the molecule is CCOC(=O)CC1C(=O)NCCN1C(=O)Nc1cc(OC)ccc1OC. The molecule has 3 amide bonds. The molecule has 0 aliphatic carbocycles. The third kappa shape index (κ3) is 4.56. The molecule has 1 atom stereocenters. The number of nitrogens with zero attached hydrogens (tertiary/aromatic N) is 1. The van der Waals surface area contributed by atoms with E-state index in [1.807, 2.05) is 0 Å². The highest BCUT2D eigenvalue weighted by atomic mass is 16.5. The molecule has 0 aromatic heterocycles. The number of ether oxygens (including phenoxy) is 3. The normalized spacial score (nSPS) is 16.5. The fourth-order valence-electron chi connectivity index (χ4n) is 2.64. The summed E-state index contributed by atoms with van der Waals surface area (Å²) in [4.78, 5) is 37.9. The zero-order valence-corrected chi connectivity index (χ0v) is 15.0. The number of carbonyl (C=O) groups is 3. The molecule has 1 aromatic rings. The van der Waals surface area contributed by atoms with Gasteiger partial charge in [0.2, 0.25) is 5.91 Å². The van der Waals surface area contributed by atoms with Gasteiger partial charge in [0.25, 0.3) is 0 Å². The van der Waals surface area contributed by atoms with Crippen LogP contribution >= 0.6 is 0 Å². The Morgan fingerprint density at radius 1 is 1.31 bits per heavy atom. The topological polar surface area (TPSA) is 106 Å². The molecule has 0 saturated carbocycles. The van der Waals surface area contributed by atoms with Crippen molar-refractivity contribution in [2.75, 3.05) is 39.2 Å². The molecule has 9 heteroatoms. The van der Waals surface area contributed by atoms with E-state index in [-0.39, 0.29) is 19.6 Å². The Morgan fingerprint density at radius 2 is 2.08 bits per heavy atom. The lowest BCUT2D eigenvalue weighted by molar-refractivity contribution is -0.147. The van der Waals surface area contributed by atoms with Crippen molar-refractivity contribution >= 4 is 23.6 Å². The summed E-state index contributed by atoms with van der Waals surface area (Å²) in [5, 5.41) is 5.37. The number of carbonyl (C=O) groups excluding carboxylic acids is 3. The smallest absolute Gasteiger partial charge is 0.322 e. The predicted molar refractivity (Wildman–Crippen MR) is 93.3 cm³/mol. The molecule has 2 rings (SSSR count). The molecule has 2 N–H and O–H groups in total. The van der Waals surface area contributed by atoms with Crippen LogP contribution in [0.15, 0.2) is 18.2 Å². The van der Waals surface area contributed by atoms with Crippen molar-refractivity contribution in [2.45, 2.75) is 19.4 Å². The summed E-state index contributed by atoms with van der Waals surface area (Å²) in [7, 11) is 2.99. The number of hydrogen-bond donors (Lipinski definition) is 2. The molecule has 9 nitrogen and oxygen atoms in total. The number of rotatable bonds is 6. The maximum atomic E-state index is 12.7. The molecule has 1 fully saturated rings. The van der Waals surface area contributed by atoms with Crippen molar-refractivity contribution in [3.8, 4) is 11.5 Å². The maximum Gasteiger partial charge on any atom is 0.322 e. The second-order valence-electron chi connectivity index (χ2n) is 5.51. The first kappa shape index (κ1) is 19.4. The summed E-state index contributed by atoms with van der Waals surface area (Å²) in [6, 6.07) is 3.53. The van der Waals surface area contributed by atoms with Crippen LogP contribution in [0.25, 0.3) is 0 Å². The quantitative estimate of drug-likeness (QED) is 0.728. The summed E-state index contributed by atoms with van der Waals surface area (Å²) in [6.07, 6.45) is -0.206. The van der Waals surface area contributed by atoms with Crippen LogP contribution in [0.4, 0.5) is 10.5 Å². The summed E-state index contributed by atoms with van der Waals surface area (Å²) in [5.41, 5.74) is 0.401. The van der Waals surface area contributed by atoms with Gasteiger partial charge in [0.15, 0.2) is 0 Å². The average Bonchev–Trinajstić information content (AvgIpc) is 2.63. The van der Waals surface area contributed by atoms with Crippen LogP contribution in [0.1, 0.15) is 13.3 Å². The predicted octanol–water partition coefficient (Wildman–Crippen LogP) is 0.989. The van der Waals surface area contributed by atoms with Crippen molar-refractivity contribution in [3.05, 3.63) is 18.2 Å². The second kappa shape index (κ2) is 8.93. The third-order valence-corrected chi connectivity index (χ3v) is 3.91. The number of amides is 3. The van der Waals surface area contributed by atoms with Gasteiger partial charge in [-0.25, -0.2) is 4.79 Å². The Balaban J connectivity index is 2.18. The molecular weight excluding hydrogens is 342 g/mol. The minimum atomic E-state index is -0.931. The van der Waals surface area contributed by atoms with Gasteiger partial charge in [-0.15, -0.1) is 0 Å². The summed E-state index contributed by atoms with van der Waals surface area (Å²) >= 11 is 0. The van der Waals surface area contributed by atoms with E-state index in [1.54, 1.807) is 25.1 Å². The monoisotopic (exact) mass is 365 g/mol. The van der Waals surface area contributed by atoms with Crippen molar-refractivity contribution in [1.29, 1.82) is 0 Å². The number of nitrogens with one attached hydrogen (secondary N) is 2. The van der Waals surface area contributed by atoms with E-state index in [0.717, 1.165) is 0 Å². The Kier molecular flexibility index (Phi) is 6.65. The zero-order chi connectivity index (χ0) is 19.1. The molecule has 1 aliphatic heterocycles. The minimum Gasteiger partial charge on any atom is -0.497 e. The van der Waals surface area contributed by atoms with Gasteiger partial charge in [-0.3, -0.25) is 9.59 Å². The number of piperazine rings is 1. The Morgan fingerprint density at radius 3 is 2.73 bits per heavy atom. The van der Waals surface area contributed by atoms with Gasteiger partial charge in [-0.1, -0.05) is 0 Å². The molecule has 0 radical (unpaired) electrons. The van der Waals surface area contributed by atoms with Crippen LogP contribution in [-0.4, -0.2) is 62.8 Å². The van der Waals surface area contributed by atoms with Crippen LogP contribution in [0.3, 0.4) is 0 Å². The van der Waals surface area contributed by atoms with Gasteiger partial charge >= 0.3 is 12.0 Å². The molecule has 1 aromatic carbocycles. The maximum absolute atomic E-state index is 12.7. The van der Waals surface area contributed by atoms with Crippen LogP contribution in [0.2, 0.25) is 0 Å². The fraction of sp³-hybridized carbons (Fsp3) is 0.471. The molecule has 1 heterocycles. The lowest BCUT2D eigenvalue weighted by Gasteiger charge is -2.34. The minimum absolute atomic E-state index is 0.206. The van der Waals surface area contributed by atoms with E-state index in [2.05, 4.69) is 10.6 Å². The number of urea groups is 1. The third-order valence-electron chi connectivity index (χ3n) is 3.91. The largest absolute Gasteiger partial charge is 0.497 e. The van der Waals surface area contributed by atoms with Crippen LogP contribution in [-0.2, 0) is 14.3 Å². The number of anilines is 1. The van der Waals surface area contributed by atoms with Crippen molar-refractivity contribution in [3.63, 3.8) is 0 Å². The molecule has 0 bridgehead atoms. The highest BCUT2D eigenvalue weighted by Crippen LogP contribution is 2.29. The standard InChI is InChI=1S/C17H23N3O6/c1-4-26-15(21)10-13-16(22)18-7-8-20(13)17(23)19-12-9-11(24-2)5-6-14(12)25-3/h5-6,9,13H,4,7-8,10H2,1-3H3,(H,18,22)(H,19,23).